The molecule has 0 amide bonds. The Balaban J connectivity index is 0.000000155. The van der Waals surface area contributed by atoms with Gasteiger partial charge >= 0.3 is 6.18 Å². The third kappa shape index (κ3) is 9.63. The van der Waals surface area contributed by atoms with Crippen LogP contribution in [0.4, 0.5) is 13.2 Å². The first-order valence-electron chi connectivity index (χ1n) is 31.3. The first-order valence-corrected chi connectivity index (χ1v) is 31.3. The molecule has 0 aliphatic rings. The predicted molar refractivity (Wildman–Crippen MR) is 378 cm³/mol. The average Bonchev–Trinajstić information content (AvgIpc) is 1.54. The third-order valence-corrected chi connectivity index (χ3v) is 18.5. The summed E-state index contributed by atoms with van der Waals surface area (Å²) < 4.78 is 55.4. The van der Waals surface area contributed by atoms with Gasteiger partial charge in [0, 0.05) is 43.1 Å². The van der Waals surface area contributed by atoms with Crippen molar-refractivity contribution in [1.29, 1.82) is 15.8 Å². The Labute approximate surface area is 541 Å². The fourth-order valence-corrected chi connectivity index (χ4v) is 14.2. The van der Waals surface area contributed by atoms with E-state index in [0.717, 1.165) is 110 Å². The van der Waals surface area contributed by atoms with Crippen LogP contribution in [-0.2, 0) is 6.18 Å². The van der Waals surface area contributed by atoms with E-state index in [2.05, 4.69) is 146 Å². The van der Waals surface area contributed by atoms with Crippen LogP contribution in [0.3, 0.4) is 0 Å². The summed E-state index contributed by atoms with van der Waals surface area (Å²) in [5.41, 5.74) is 21.9. The lowest BCUT2D eigenvalue weighted by Crippen LogP contribution is -2.15. The quantitative estimate of drug-likeness (QED) is 0.166. The molecule has 7 nitrogen and oxygen atoms in total. The number of hydrogen-bond donors (Lipinski definition) is 0. The molecule has 0 N–H and O–H groups in total. The Hall–Kier alpha value is -11.9. The number of aromatic nitrogens is 4. The number of alkyl halides is 3. The Bertz CT molecular complexity index is 5820. The van der Waals surface area contributed by atoms with Crippen LogP contribution in [0.2, 0.25) is 0 Å². The van der Waals surface area contributed by atoms with Crippen LogP contribution in [0.1, 0.15) is 66.8 Å². The van der Waals surface area contributed by atoms with Crippen LogP contribution < -0.4 is 0 Å². The number of rotatable bonds is 6. The summed E-state index contributed by atoms with van der Waals surface area (Å²) in [7, 11) is 0. The molecule has 94 heavy (non-hydrogen) atoms. The molecule has 0 aliphatic heterocycles. The molecular weight excluding hydrogens is 1160 g/mol. The van der Waals surface area contributed by atoms with Gasteiger partial charge in [-0.3, -0.25) is 0 Å². The highest BCUT2D eigenvalue weighted by molar-refractivity contribution is 6.14. The molecule has 4 heterocycles. The van der Waals surface area contributed by atoms with Gasteiger partial charge in [-0.05, 0) is 223 Å². The number of aryl methyl sites for hydroxylation is 8. The van der Waals surface area contributed by atoms with E-state index in [-0.39, 0.29) is 5.69 Å². The van der Waals surface area contributed by atoms with E-state index >= 15 is 13.2 Å². The number of fused-ring (bicyclic) bond motifs is 12. The summed E-state index contributed by atoms with van der Waals surface area (Å²) in [5, 5.41) is 38.7. The smallest absolute Gasteiger partial charge is 0.307 e. The maximum absolute atomic E-state index is 15.7. The number of nitriles is 3. The Morgan fingerprint density at radius 2 is 0.553 bits per heavy atom. The number of halogens is 3. The summed E-state index contributed by atoms with van der Waals surface area (Å²) in [6, 6.07) is 79.0. The Morgan fingerprint density at radius 1 is 0.277 bits per heavy atom. The monoisotopic (exact) mass is 1220 g/mol. The molecular formula is C84H60F3N7. The molecule has 452 valence electrons. The largest absolute Gasteiger partial charge is 0.418 e. The zero-order valence-corrected chi connectivity index (χ0v) is 53.0. The standard InChI is InChI=1S/C42H30F3N3.C42H30N4/c1-24-8-12-36-31(16-24)32-17-25(2)9-13-37(32)47(36)40-22-30(29-7-5-6-28(20-29)23-46)21-35(42(43,44)45)41(40)48-38-14-10-26(3)18-33(38)34-19-27(4)11-15-39(34)48;1-25-8-12-37-33(16-25)34-17-26(2)9-13-38(34)45(37)41-22-31(30-7-5-6-29(20-30)23-43)21-32(24-44)42(41)46-39-14-10-27(3)18-35(39)36-19-28(4)11-15-40(36)46/h5-22H,1-4H3;5-22H,1-4H3. The summed E-state index contributed by atoms with van der Waals surface area (Å²) in [4.78, 5) is 0. The first kappa shape index (κ1) is 58.5. The first-order chi connectivity index (χ1) is 45.3. The van der Waals surface area contributed by atoms with Crippen molar-refractivity contribution in [2.45, 2.75) is 61.6 Å². The third-order valence-electron chi connectivity index (χ3n) is 18.5. The van der Waals surface area contributed by atoms with E-state index in [1.54, 1.807) is 28.8 Å². The molecule has 0 saturated carbocycles. The fourth-order valence-electron chi connectivity index (χ4n) is 14.2. The highest BCUT2D eigenvalue weighted by Gasteiger charge is 2.38. The molecule has 16 rings (SSSR count). The second kappa shape index (κ2) is 22.2. The van der Waals surface area contributed by atoms with Gasteiger partial charge < -0.3 is 18.3 Å². The van der Waals surface area contributed by atoms with Gasteiger partial charge in [-0.25, -0.2) is 0 Å². The van der Waals surface area contributed by atoms with Crippen molar-refractivity contribution in [3.8, 4) is 63.2 Å². The van der Waals surface area contributed by atoms with Gasteiger partial charge in [-0.1, -0.05) is 117 Å². The van der Waals surface area contributed by atoms with Crippen molar-refractivity contribution in [2.24, 2.45) is 0 Å². The molecule has 0 radical (unpaired) electrons. The molecule has 0 aliphatic carbocycles. The lowest BCUT2D eigenvalue weighted by atomic mass is 9.98. The zero-order valence-electron chi connectivity index (χ0n) is 53.0. The topological polar surface area (TPSA) is 91.1 Å². The van der Waals surface area contributed by atoms with Crippen LogP contribution in [0.5, 0.6) is 0 Å². The van der Waals surface area contributed by atoms with Crippen molar-refractivity contribution >= 4 is 87.2 Å². The maximum atomic E-state index is 15.7. The Kier molecular flexibility index (Phi) is 13.8. The summed E-state index contributed by atoms with van der Waals surface area (Å²) in [6.45, 7) is 16.5. The minimum Gasteiger partial charge on any atom is -0.307 e. The molecule has 16 aromatic rings. The highest BCUT2D eigenvalue weighted by Crippen LogP contribution is 2.48. The minimum atomic E-state index is -4.71. The molecule has 0 bridgehead atoms. The lowest BCUT2D eigenvalue weighted by molar-refractivity contribution is -0.137. The van der Waals surface area contributed by atoms with E-state index in [1.165, 1.54) is 39.1 Å². The molecule has 12 aromatic carbocycles. The van der Waals surface area contributed by atoms with Gasteiger partial charge in [-0.2, -0.15) is 29.0 Å². The highest BCUT2D eigenvalue weighted by atomic mass is 19.4. The van der Waals surface area contributed by atoms with E-state index in [9.17, 15) is 15.8 Å². The van der Waals surface area contributed by atoms with Crippen molar-refractivity contribution in [3.05, 3.63) is 285 Å². The van der Waals surface area contributed by atoms with Gasteiger partial charge in [0.15, 0.2) is 0 Å². The SMILES string of the molecule is Cc1ccc2c(c1)c1cc(C)ccc1n2-c1cc(-c2cccc(C#N)c2)cc(C#N)c1-n1c2ccc(C)cc2c2cc(C)ccc21.Cc1ccc2c(c1)c1cc(C)ccc1n2-c1cc(-c2cccc(C#N)c2)cc(C(F)(F)F)c1-n1c2ccc(C)cc2c2cc(C)ccc21. The van der Waals surface area contributed by atoms with E-state index in [0.29, 0.717) is 44.5 Å². The van der Waals surface area contributed by atoms with E-state index in [4.69, 9.17) is 0 Å². The second-order valence-corrected chi connectivity index (χ2v) is 25.3. The van der Waals surface area contributed by atoms with Crippen molar-refractivity contribution in [3.63, 3.8) is 0 Å². The zero-order chi connectivity index (χ0) is 65.2. The van der Waals surface area contributed by atoms with Crippen molar-refractivity contribution in [2.75, 3.05) is 0 Å². The minimum absolute atomic E-state index is 0.0512. The van der Waals surface area contributed by atoms with Crippen LogP contribution >= 0.6 is 0 Å². The van der Waals surface area contributed by atoms with E-state index in [1.807, 2.05) is 129 Å². The number of nitrogens with zero attached hydrogens (tertiary/aromatic N) is 7. The van der Waals surface area contributed by atoms with Gasteiger partial charge in [-0.15, -0.1) is 0 Å². The lowest BCUT2D eigenvalue weighted by Gasteiger charge is -2.23. The average molecular weight is 1220 g/mol. The molecule has 10 heteroatoms. The number of hydrogen-bond acceptors (Lipinski definition) is 3. The fraction of sp³-hybridized carbons (Fsp3) is 0.107. The van der Waals surface area contributed by atoms with Gasteiger partial charge in [0.05, 0.1) is 101 Å². The summed E-state index contributed by atoms with van der Waals surface area (Å²) >= 11 is 0. The molecule has 0 spiro atoms. The van der Waals surface area contributed by atoms with Gasteiger partial charge in [0.2, 0.25) is 0 Å². The van der Waals surface area contributed by atoms with Crippen LogP contribution in [0, 0.1) is 89.4 Å². The van der Waals surface area contributed by atoms with Gasteiger partial charge in [0.25, 0.3) is 0 Å². The van der Waals surface area contributed by atoms with Crippen LogP contribution in [0.25, 0.3) is 132 Å². The van der Waals surface area contributed by atoms with E-state index < -0.39 is 11.7 Å². The summed E-state index contributed by atoms with van der Waals surface area (Å²) in [5.74, 6) is 0. The van der Waals surface area contributed by atoms with Crippen molar-refractivity contribution < 1.29 is 13.2 Å². The predicted octanol–water partition coefficient (Wildman–Crippen LogP) is 22.2. The maximum Gasteiger partial charge on any atom is 0.418 e. The molecule has 4 aromatic heterocycles. The molecule has 0 atom stereocenters. The molecule has 0 fully saturated rings. The second-order valence-electron chi connectivity index (χ2n) is 25.3. The van der Waals surface area contributed by atoms with Gasteiger partial charge in [0.1, 0.15) is 6.07 Å². The molecule has 0 saturated heterocycles. The molecule has 0 unspecified atom stereocenters. The summed E-state index contributed by atoms with van der Waals surface area (Å²) in [6.07, 6.45) is -4.71. The van der Waals surface area contributed by atoms with Crippen LogP contribution in [-0.4, -0.2) is 18.3 Å². The Morgan fingerprint density at radius 3 is 0.840 bits per heavy atom. The normalized spacial score (nSPS) is 11.7. The van der Waals surface area contributed by atoms with Crippen LogP contribution in [0.15, 0.2) is 218 Å². The number of benzene rings is 12. The van der Waals surface area contributed by atoms with Crippen molar-refractivity contribution in [1.82, 2.24) is 18.3 Å².